The van der Waals surface area contributed by atoms with Crippen LogP contribution in [0.3, 0.4) is 0 Å². The summed E-state index contributed by atoms with van der Waals surface area (Å²) in [5, 5.41) is 19.8. The van der Waals surface area contributed by atoms with Gasteiger partial charge in [-0.2, -0.15) is 5.26 Å². The molecule has 0 saturated heterocycles. The predicted octanol–water partition coefficient (Wildman–Crippen LogP) is 2.05. The van der Waals surface area contributed by atoms with Crippen molar-refractivity contribution in [3.8, 4) is 17.6 Å². The molecule has 1 heterocycles. The number of benzene rings is 1. The zero-order valence-corrected chi connectivity index (χ0v) is 9.89. The number of carbonyl (C=O) groups excluding carboxylic acids is 1. The highest BCUT2D eigenvalue weighted by Crippen LogP contribution is 2.36. The van der Waals surface area contributed by atoms with Gasteiger partial charge in [0.2, 0.25) is 0 Å². The Labute approximate surface area is 103 Å². The Morgan fingerprint density at radius 1 is 1.56 bits per heavy atom. The first-order valence-electron chi connectivity index (χ1n) is 5.24. The molecule has 0 saturated carbocycles. The van der Waals surface area contributed by atoms with Gasteiger partial charge in [-0.15, -0.1) is 0 Å². The predicted molar refractivity (Wildman–Crippen MR) is 64.2 cm³/mol. The molecule has 0 aliphatic carbocycles. The number of fused-ring (bicyclic) bond motifs is 1. The van der Waals surface area contributed by atoms with Gasteiger partial charge in [0, 0.05) is 18.5 Å². The molecule has 18 heavy (non-hydrogen) atoms. The van der Waals surface area contributed by atoms with E-state index >= 15 is 0 Å². The minimum Gasteiger partial charge on any atom is -0.507 e. The zero-order chi connectivity index (χ0) is 13.3. The van der Waals surface area contributed by atoms with Crippen molar-refractivity contribution in [2.45, 2.75) is 13.8 Å². The Balaban J connectivity index is 2.89. The molecule has 0 fully saturated rings. The van der Waals surface area contributed by atoms with Gasteiger partial charge in [0.25, 0.3) is 0 Å². The third-order valence-corrected chi connectivity index (χ3v) is 2.53. The molecule has 90 valence electrons. The first-order valence-corrected chi connectivity index (χ1v) is 5.24. The van der Waals surface area contributed by atoms with Crippen LogP contribution in [0.1, 0.15) is 18.2 Å². The number of aromatic nitrogens is 1. The minimum absolute atomic E-state index is 0.0554. The highest BCUT2D eigenvalue weighted by Gasteiger charge is 2.15. The van der Waals surface area contributed by atoms with Crippen molar-refractivity contribution in [2.75, 3.05) is 0 Å². The van der Waals surface area contributed by atoms with Gasteiger partial charge >= 0.3 is 5.97 Å². The van der Waals surface area contributed by atoms with E-state index in [1.807, 2.05) is 6.07 Å². The van der Waals surface area contributed by atoms with Crippen molar-refractivity contribution in [1.29, 1.82) is 5.26 Å². The largest absolute Gasteiger partial charge is 0.507 e. The standard InChI is InChI=1S/C13H10N2O3/c1-7-5-11(18-8(2)16)12-9(13(7)17)3-4-15-10(12)6-14/h3-5,17H,1-2H3. The lowest BCUT2D eigenvalue weighted by atomic mass is 10.0. The monoisotopic (exact) mass is 242 g/mol. The first-order chi connectivity index (χ1) is 8.54. The van der Waals surface area contributed by atoms with E-state index in [0.717, 1.165) is 0 Å². The number of pyridine rings is 1. The molecule has 0 spiro atoms. The van der Waals surface area contributed by atoms with E-state index in [1.54, 1.807) is 13.0 Å². The molecule has 0 aliphatic rings. The fourth-order valence-corrected chi connectivity index (χ4v) is 1.78. The van der Waals surface area contributed by atoms with Crippen LogP contribution < -0.4 is 4.74 Å². The highest BCUT2D eigenvalue weighted by atomic mass is 16.5. The van der Waals surface area contributed by atoms with Crippen LogP contribution in [-0.2, 0) is 4.79 Å². The van der Waals surface area contributed by atoms with Gasteiger partial charge in [-0.3, -0.25) is 4.79 Å². The summed E-state index contributed by atoms with van der Waals surface area (Å²) < 4.78 is 5.06. The lowest BCUT2D eigenvalue weighted by Gasteiger charge is -2.10. The number of phenolic OH excluding ortho intramolecular Hbond substituents is 1. The summed E-state index contributed by atoms with van der Waals surface area (Å²) in [6.45, 7) is 2.96. The summed E-state index contributed by atoms with van der Waals surface area (Å²) in [4.78, 5) is 15.0. The number of hydrogen-bond donors (Lipinski definition) is 1. The summed E-state index contributed by atoms with van der Waals surface area (Å²) in [7, 11) is 0. The van der Waals surface area contributed by atoms with Gasteiger partial charge < -0.3 is 9.84 Å². The number of ether oxygens (including phenoxy) is 1. The molecule has 2 rings (SSSR count). The minimum atomic E-state index is -0.492. The Morgan fingerprint density at radius 3 is 2.89 bits per heavy atom. The highest BCUT2D eigenvalue weighted by molar-refractivity contribution is 5.98. The fourth-order valence-electron chi connectivity index (χ4n) is 1.78. The molecule has 0 radical (unpaired) electrons. The summed E-state index contributed by atoms with van der Waals surface area (Å²) in [6, 6.07) is 5.01. The smallest absolute Gasteiger partial charge is 0.308 e. The second-order valence-electron chi connectivity index (χ2n) is 3.83. The van der Waals surface area contributed by atoms with Crippen molar-refractivity contribution in [3.63, 3.8) is 0 Å². The molecular weight excluding hydrogens is 232 g/mol. The number of nitriles is 1. The van der Waals surface area contributed by atoms with Crippen LogP contribution in [-0.4, -0.2) is 16.1 Å². The van der Waals surface area contributed by atoms with Gasteiger partial charge in [-0.1, -0.05) is 0 Å². The van der Waals surface area contributed by atoms with Gasteiger partial charge in [0.15, 0.2) is 5.69 Å². The average Bonchev–Trinajstić information content (AvgIpc) is 2.34. The molecule has 5 heteroatoms. The first kappa shape index (κ1) is 11.9. The molecule has 0 atom stereocenters. The number of hydrogen-bond acceptors (Lipinski definition) is 5. The molecule has 0 amide bonds. The van der Waals surface area contributed by atoms with E-state index in [1.165, 1.54) is 19.2 Å². The third kappa shape index (κ3) is 1.84. The van der Waals surface area contributed by atoms with E-state index < -0.39 is 5.97 Å². The summed E-state index contributed by atoms with van der Waals surface area (Å²) in [5.74, 6) is -0.202. The van der Waals surface area contributed by atoms with Gasteiger partial charge in [0.05, 0.1) is 5.39 Å². The maximum absolute atomic E-state index is 11.1. The van der Waals surface area contributed by atoms with Crippen LogP contribution >= 0.6 is 0 Å². The van der Waals surface area contributed by atoms with E-state index in [4.69, 9.17) is 10.00 Å². The number of esters is 1. The zero-order valence-electron chi connectivity index (χ0n) is 9.89. The Morgan fingerprint density at radius 2 is 2.28 bits per heavy atom. The van der Waals surface area contributed by atoms with Gasteiger partial charge in [-0.05, 0) is 24.6 Å². The molecule has 2 aromatic rings. The number of carbonyl (C=O) groups is 1. The summed E-state index contributed by atoms with van der Waals surface area (Å²) in [6.07, 6.45) is 1.43. The number of rotatable bonds is 1. The molecule has 0 bridgehead atoms. The van der Waals surface area contributed by atoms with Crippen molar-refractivity contribution in [3.05, 3.63) is 29.6 Å². The van der Waals surface area contributed by atoms with Crippen molar-refractivity contribution < 1.29 is 14.6 Å². The number of phenols is 1. The Hall–Kier alpha value is -2.61. The molecular formula is C13H10N2O3. The summed E-state index contributed by atoms with van der Waals surface area (Å²) in [5.41, 5.74) is 0.674. The van der Waals surface area contributed by atoms with Crippen LogP contribution in [0.25, 0.3) is 10.8 Å². The maximum atomic E-state index is 11.1. The number of aromatic hydroxyl groups is 1. The average molecular weight is 242 g/mol. The van der Waals surface area contributed by atoms with Crippen LogP contribution in [0.5, 0.6) is 11.5 Å². The van der Waals surface area contributed by atoms with E-state index in [9.17, 15) is 9.90 Å². The molecule has 0 aliphatic heterocycles. The van der Waals surface area contributed by atoms with Crippen LogP contribution in [0.2, 0.25) is 0 Å². The van der Waals surface area contributed by atoms with Gasteiger partial charge in [0.1, 0.15) is 17.6 Å². The van der Waals surface area contributed by atoms with Crippen LogP contribution in [0.15, 0.2) is 18.3 Å². The quantitative estimate of drug-likeness (QED) is 0.611. The summed E-state index contributed by atoms with van der Waals surface area (Å²) >= 11 is 0. The van der Waals surface area contributed by atoms with Crippen LogP contribution in [0, 0.1) is 18.3 Å². The normalized spacial score (nSPS) is 10.1. The lowest BCUT2D eigenvalue weighted by Crippen LogP contribution is -2.03. The van der Waals surface area contributed by atoms with Crippen molar-refractivity contribution >= 4 is 16.7 Å². The SMILES string of the molecule is CC(=O)Oc1cc(C)c(O)c2ccnc(C#N)c12. The third-order valence-electron chi connectivity index (χ3n) is 2.53. The second kappa shape index (κ2) is 4.34. The molecule has 5 nitrogen and oxygen atoms in total. The number of nitrogens with zero attached hydrogens (tertiary/aromatic N) is 2. The van der Waals surface area contributed by atoms with Crippen LogP contribution in [0.4, 0.5) is 0 Å². The topological polar surface area (TPSA) is 83.2 Å². The van der Waals surface area contributed by atoms with Gasteiger partial charge in [-0.25, -0.2) is 4.98 Å². The number of aryl methyl sites for hydroxylation is 1. The Kier molecular flexibility index (Phi) is 2.86. The second-order valence-corrected chi connectivity index (χ2v) is 3.83. The van der Waals surface area contributed by atoms with Crippen molar-refractivity contribution in [2.24, 2.45) is 0 Å². The maximum Gasteiger partial charge on any atom is 0.308 e. The molecule has 1 N–H and O–H groups in total. The van der Waals surface area contributed by atoms with E-state index in [0.29, 0.717) is 16.3 Å². The molecule has 1 aromatic heterocycles. The van der Waals surface area contributed by atoms with Crippen molar-refractivity contribution in [1.82, 2.24) is 4.98 Å². The molecule has 1 aromatic carbocycles. The molecule has 0 unspecified atom stereocenters. The Bertz CT molecular complexity index is 687. The lowest BCUT2D eigenvalue weighted by molar-refractivity contribution is -0.131. The van der Waals surface area contributed by atoms with E-state index in [2.05, 4.69) is 4.98 Å². The fraction of sp³-hybridized carbons (Fsp3) is 0.154. The van der Waals surface area contributed by atoms with E-state index in [-0.39, 0.29) is 17.2 Å².